The van der Waals surface area contributed by atoms with Crippen LogP contribution in [0.25, 0.3) is 0 Å². The van der Waals surface area contributed by atoms with Crippen LogP contribution in [-0.4, -0.2) is 24.5 Å². The van der Waals surface area contributed by atoms with Gasteiger partial charge < -0.3 is 14.8 Å². The van der Waals surface area contributed by atoms with Gasteiger partial charge in [0.05, 0.1) is 23.7 Å². The Hall–Kier alpha value is -3.60. The first kappa shape index (κ1) is 16.8. The van der Waals surface area contributed by atoms with Crippen LogP contribution in [0, 0.1) is 21.4 Å². The smallest absolute Gasteiger partial charge is 0.292 e. The number of nitrogens with zero attached hydrogens (tertiary/aromatic N) is 2. The number of nitro benzene ring substituents is 1. The fourth-order valence-electron chi connectivity index (χ4n) is 1.92. The Morgan fingerprint density at radius 2 is 2.04 bits per heavy atom. The van der Waals surface area contributed by atoms with Gasteiger partial charge in [0.25, 0.3) is 11.6 Å². The maximum atomic E-state index is 11.9. The van der Waals surface area contributed by atoms with Crippen LogP contribution in [0.5, 0.6) is 11.5 Å². The number of nitrogens with one attached hydrogen (secondary N) is 1. The van der Waals surface area contributed by atoms with E-state index in [4.69, 9.17) is 14.7 Å². The molecule has 0 spiro atoms. The van der Waals surface area contributed by atoms with Gasteiger partial charge in [-0.1, -0.05) is 12.1 Å². The number of hydrogen-bond acceptors (Lipinski definition) is 6. The number of anilines is 1. The van der Waals surface area contributed by atoms with E-state index in [1.165, 1.54) is 43.5 Å². The van der Waals surface area contributed by atoms with Gasteiger partial charge in [0, 0.05) is 12.1 Å². The maximum absolute atomic E-state index is 11.9. The summed E-state index contributed by atoms with van der Waals surface area (Å²) in [5.41, 5.74) is 0.272. The molecular weight excluding hydrogens is 314 g/mol. The highest BCUT2D eigenvalue weighted by molar-refractivity contribution is 5.94. The summed E-state index contributed by atoms with van der Waals surface area (Å²) < 4.78 is 10.4. The molecule has 0 aliphatic heterocycles. The quantitative estimate of drug-likeness (QED) is 0.644. The van der Waals surface area contributed by atoms with Crippen molar-refractivity contribution in [3.05, 3.63) is 58.1 Å². The molecule has 8 nitrogen and oxygen atoms in total. The SMILES string of the molecule is COc1cc(C#N)ccc1OCC(=O)Nc1ccccc1[N+](=O)[O-]. The van der Waals surface area contributed by atoms with Gasteiger partial charge >= 0.3 is 0 Å². The number of methoxy groups -OCH3 is 1. The normalized spacial score (nSPS) is 9.67. The zero-order valence-electron chi connectivity index (χ0n) is 12.7. The zero-order valence-corrected chi connectivity index (χ0v) is 12.7. The average molecular weight is 327 g/mol. The predicted molar refractivity (Wildman–Crippen MR) is 84.9 cm³/mol. The van der Waals surface area contributed by atoms with Crippen LogP contribution in [0.15, 0.2) is 42.5 Å². The van der Waals surface area contributed by atoms with Crippen LogP contribution >= 0.6 is 0 Å². The largest absolute Gasteiger partial charge is 0.493 e. The molecule has 0 aliphatic carbocycles. The Bertz CT molecular complexity index is 814. The van der Waals surface area contributed by atoms with Crippen molar-refractivity contribution in [1.82, 2.24) is 0 Å². The second-order valence-electron chi connectivity index (χ2n) is 4.59. The summed E-state index contributed by atoms with van der Waals surface area (Å²) in [6.07, 6.45) is 0. The molecule has 122 valence electrons. The van der Waals surface area contributed by atoms with E-state index >= 15 is 0 Å². The first-order valence-electron chi connectivity index (χ1n) is 6.79. The molecule has 2 aromatic carbocycles. The Kier molecular flexibility index (Phi) is 5.31. The van der Waals surface area contributed by atoms with Gasteiger partial charge in [-0.25, -0.2) is 0 Å². The molecule has 1 N–H and O–H groups in total. The molecule has 0 bridgehead atoms. The summed E-state index contributed by atoms with van der Waals surface area (Å²) in [4.78, 5) is 22.3. The first-order chi connectivity index (χ1) is 11.5. The van der Waals surface area contributed by atoms with E-state index in [9.17, 15) is 14.9 Å². The zero-order chi connectivity index (χ0) is 17.5. The van der Waals surface area contributed by atoms with E-state index in [-0.39, 0.29) is 23.7 Å². The molecule has 2 aromatic rings. The summed E-state index contributed by atoms with van der Waals surface area (Å²) in [7, 11) is 1.41. The lowest BCUT2D eigenvalue weighted by atomic mass is 10.2. The number of hydrogen-bond donors (Lipinski definition) is 1. The molecule has 0 fully saturated rings. The molecule has 2 rings (SSSR count). The van der Waals surface area contributed by atoms with Crippen molar-refractivity contribution < 1.29 is 19.2 Å². The molecule has 0 saturated heterocycles. The highest BCUT2D eigenvalue weighted by Crippen LogP contribution is 2.28. The number of para-hydroxylation sites is 2. The Balaban J connectivity index is 2.04. The van der Waals surface area contributed by atoms with Crippen LogP contribution in [0.3, 0.4) is 0 Å². The second-order valence-corrected chi connectivity index (χ2v) is 4.59. The summed E-state index contributed by atoms with van der Waals surface area (Å²) in [6, 6.07) is 12.3. The minimum Gasteiger partial charge on any atom is -0.493 e. The fraction of sp³-hybridized carbons (Fsp3) is 0.125. The van der Waals surface area contributed by atoms with E-state index < -0.39 is 10.8 Å². The monoisotopic (exact) mass is 327 g/mol. The third-order valence-electron chi connectivity index (χ3n) is 3.03. The fourth-order valence-corrected chi connectivity index (χ4v) is 1.92. The van der Waals surface area contributed by atoms with Crippen LogP contribution in [0.2, 0.25) is 0 Å². The van der Waals surface area contributed by atoms with Crippen LogP contribution in [-0.2, 0) is 4.79 Å². The number of nitro groups is 1. The van der Waals surface area contributed by atoms with Crippen molar-refractivity contribution in [2.45, 2.75) is 0 Å². The van der Waals surface area contributed by atoms with Crippen molar-refractivity contribution >= 4 is 17.3 Å². The molecule has 24 heavy (non-hydrogen) atoms. The first-order valence-corrected chi connectivity index (χ1v) is 6.79. The third-order valence-corrected chi connectivity index (χ3v) is 3.03. The molecular formula is C16H13N3O5. The molecule has 8 heteroatoms. The van der Waals surface area contributed by atoms with E-state index in [1.807, 2.05) is 6.07 Å². The van der Waals surface area contributed by atoms with E-state index in [0.717, 1.165) is 0 Å². The number of amides is 1. The number of nitriles is 1. The number of ether oxygens (including phenoxy) is 2. The lowest BCUT2D eigenvalue weighted by molar-refractivity contribution is -0.383. The van der Waals surface area contributed by atoms with Gasteiger partial charge in [0.15, 0.2) is 18.1 Å². The van der Waals surface area contributed by atoms with Gasteiger partial charge in [0.2, 0.25) is 0 Å². The van der Waals surface area contributed by atoms with Crippen molar-refractivity contribution in [2.24, 2.45) is 0 Å². The number of benzene rings is 2. The molecule has 0 heterocycles. The minimum atomic E-state index is -0.583. The number of carbonyl (C=O) groups is 1. The molecule has 0 aliphatic rings. The van der Waals surface area contributed by atoms with Crippen molar-refractivity contribution in [2.75, 3.05) is 19.0 Å². The summed E-state index contributed by atoms with van der Waals surface area (Å²) in [5.74, 6) is 0.0393. The number of rotatable bonds is 6. The maximum Gasteiger partial charge on any atom is 0.292 e. The summed E-state index contributed by atoms with van der Waals surface area (Å²) in [5, 5.41) is 22.2. The minimum absolute atomic E-state index is 0.0860. The second kappa shape index (κ2) is 7.60. The third kappa shape index (κ3) is 3.98. The topological polar surface area (TPSA) is 114 Å². The molecule has 0 unspecified atom stereocenters. The van der Waals surface area contributed by atoms with Gasteiger partial charge in [-0.05, 0) is 18.2 Å². The van der Waals surface area contributed by atoms with Gasteiger partial charge in [-0.15, -0.1) is 0 Å². The van der Waals surface area contributed by atoms with Crippen molar-refractivity contribution in [3.8, 4) is 17.6 Å². The van der Waals surface area contributed by atoms with Crippen LogP contribution in [0.1, 0.15) is 5.56 Å². The van der Waals surface area contributed by atoms with Crippen LogP contribution in [0.4, 0.5) is 11.4 Å². The lowest BCUT2D eigenvalue weighted by Gasteiger charge is -2.11. The Morgan fingerprint density at radius 3 is 2.71 bits per heavy atom. The van der Waals surface area contributed by atoms with E-state index in [2.05, 4.69) is 5.32 Å². The van der Waals surface area contributed by atoms with E-state index in [0.29, 0.717) is 11.3 Å². The van der Waals surface area contributed by atoms with Crippen LogP contribution < -0.4 is 14.8 Å². The molecule has 0 atom stereocenters. The summed E-state index contributed by atoms with van der Waals surface area (Å²) in [6.45, 7) is -0.367. The molecule has 0 radical (unpaired) electrons. The standard InChI is InChI=1S/C16H13N3O5/c1-23-15-8-11(9-17)6-7-14(15)24-10-16(20)18-12-4-2-3-5-13(12)19(21)22/h2-8H,10H2,1H3,(H,18,20). The highest BCUT2D eigenvalue weighted by atomic mass is 16.6. The number of carbonyl (C=O) groups excluding carboxylic acids is 1. The summed E-state index contributed by atoms with van der Waals surface area (Å²) >= 11 is 0. The van der Waals surface area contributed by atoms with E-state index in [1.54, 1.807) is 6.07 Å². The average Bonchev–Trinajstić information content (AvgIpc) is 2.60. The van der Waals surface area contributed by atoms with Gasteiger partial charge in [-0.2, -0.15) is 5.26 Å². The molecule has 1 amide bonds. The highest BCUT2D eigenvalue weighted by Gasteiger charge is 2.15. The lowest BCUT2D eigenvalue weighted by Crippen LogP contribution is -2.20. The Labute approximate surface area is 137 Å². The predicted octanol–water partition coefficient (Wildman–Crippen LogP) is 2.49. The Morgan fingerprint density at radius 1 is 1.29 bits per heavy atom. The van der Waals surface area contributed by atoms with Gasteiger partial charge in [0.1, 0.15) is 5.69 Å². The molecule has 0 aromatic heterocycles. The van der Waals surface area contributed by atoms with Gasteiger partial charge in [-0.3, -0.25) is 14.9 Å². The molecule has 0 saturated carbocycles. The van der Waals surface area contributed by atoms with Crippen molar-refractivity contribution in [3.63, 3.8) is 0 Å². The van der Waals surface area contributed by atoms with Crippen molar-refractivity contribution in [1.29, 1.82) is 5.26 Å².